The Balaban J connectivity index is 1.93. The predicted octanol–water partition coefficient (Wildman–Crippen LogP) is 4.33. The van der Waals surface area contributed by atoms with Gasteiger partial charge in [0.1, 0.15) is 0 Å². The summed E-state index contributed by atoms with van der Waals surface area (Å²) in [6.07, 6.45) is -3.89. The lowest BCUT2D eigenvalue weighted by molar-refractivity contribution is -0.137. The van der Waals surface area contributed by atoms with Gasteiger partial charge in [0.25, 0.3) is 5.91 Å². The smallest absolute Gasteiger partial charge is 0.352 e. The van der Waals surface area contributed by atoms with E-state index in [1.165, 1.54) is 12.1 Å². The summed E-state index contributed by atoms with van der Waals surface area (Å²) in [6, 6.07) is 11.5. The molecule has 0 saturated carbocycles. The minimum absolute atomic E-state index is 0.00840. The summed E-state index contributed by atoms with van der Waals surface area (Å²) in [7, 11) is 0. The summed E-state index contributed by atoms with van der Waals surface area (Å²) < 4.78 is 37.8. The monoisotopic (exact) mass is 327 g/mol. The second-order valence-corrected chi connectivity index (χ2v) is 5.15. The van der Waals surface area contributed by atoms with Crippen LogP contribution in [0.4, 0.5) is 13.2 Å². The predicted molar refractivity (Wildman–Crippen MR) is 78.9 cm³/mol. The molecule has 0 fully saturated rings. The van der Waals surface area contributed by atoms with Gasteiger partial charge in [-0.15, -0.1) is 0 Å². The van der Waals surface area contributed by atoms with E-state index in [0.29, 0.717) is 18.0 Å². The Morgan fingerprint density at radius 1 is 1.09 bits per heavy atom. The highest BCUT2D eigenvalue weighted by atomic mass is 35.5. The van der Waals surface area contributed by atoms with Crippen molar-refractivity contribution in [3.05, 3.63) is 70.2 Å². The van der Waals surface area contributed by atoms with Crippen molar-refractivity contribution in [3.8, 4) is 0 Å². The molecule has 6 heteroatoms. The van der Waals surface area contributed by atoms with Crippen molar-refractivity contribution in [1.29, 1.82) is 0 Å². The minimum Gasteiger partial charge on any atom is -0.352 e. The third-order valence-corrected chi connectivity index (χ3v) is 3.32. The number of carbonyl (C=O) groups is 1. The Morgan fingerprint density at radius 3 is 2.41 bits per heavy atom. The lowest BCUT2D eigenvalue weighted by Gasteiger charge is -2.09. The molecule has 0 aliphatic carbocycles. The zero-order valence-corrected chi connectivity index (χ0v) is 12.2. The number of rotatable bonds is 4. The Hall–Kier alpha value is -2.01. The fraction of sp³-hybridized carbons (Fsp3) is 0.188. The standard InChI is InChI=1S/C16H13ClF3NO/c17-14-6-4-11(5-7-14)8-9-21-15(22)12-2-1-3-13(10-12)16(18,19)20/h1-7,10H,8-9H2,(H,21,22). The van der Waals surface area contributed by atoms with Gasteiger partial charge in [-0.3, -0.25) is 4.79 Å². The van der Waals surface area contributed by atoms with E-state index in [2.05, 4.69) is 5.32 Å². The molecule has 1 amide bonds. The Kier molecular flexibility index (Phi) is 5.08. The van der Waals surface area contributed by atoms with Crippen LogP contribution in [0.1, 0.15) is 21.5 Å². The van der Waals surface area contributed by atoms with Crippen LogP contribution < -0.4 is 5.32 Å². The van der Waals surface area contributed by atoms with E-state index in [4.69, 9.17) is 11.6 Å². The van der Waals surface area contributed by atoms with Crippen molar-refractivity contribution in [1.82, 2.24) is 5.32 Å². The zero-order valence-electron chi connectivity index (χ0n) is 11.5. The third kappa shape index (κ3) is 4.49. The van der Waals surface area contributed by atoms with E-state index in [-0.39, 0.29) is 5.56 Å². The molecule has 1 N–H and O–H groups in total. The van der Waals surface area contributed by atoms with E-state index in [0.717, 1.165) is 17.7 Å². The highest BCUT2D eigenvalue weighted by molar-refractivity contribution is 6.30. The van der Waals surface area contributed by atoms with Crippen molar-refractivity contribution in [2.24, 2.45) is 0 Å². The van der Waals surface area contributed by atoms with E-state index in [9.17, 15) is 18.0 Å². The lowest BCUT2D eigenvalue weighted by atomic mass is 10.1. The lowest BCUT2D eigenvalue weighted by Crippen LogP contribution is -2.26. The van der Waals surface area contributed by atoms with Crippen LogP contribution in [-0.4, -0.2) is 12.5 Å². The first-order valence-corrected chi connectivity index (χ1v) is 6.94. The molecular weight excluding hydrogens is 315 g/mol. The molecule has 2 rings (SSSR count). The fourth-order valence-electron chi connectivity index (χ4n) is 1.91. The van der Waals surface area contributed by atoms with Crippen LogP contribution in [0, 0.1) is 0 Å². The van der Waals surface area contributed by atoms with Crippen LogP contribution >= 0.6 is 11.6 Å². The number of alkyl halides is 3. The number of carbonyl (C=O) groups excluding carboxylic acids is 1. The van der Waals surface area contributed by atoms with Gasteiger partial charge in [-0.25, -0.2) is 0 Å². The van der Waals surface area contributed by atoms with Gasteiger partial charge >= 0.3 is 6.18 Å². The first-order chi connectivity index (χ1) is 10.4. The molecule has 0 aliphatic heterocycles. The summed E-state index contributed by atoms with van der Waals surface area (Å²) in [6.45, 7) is 0.330. The van der Waals surface area contributed by atoms with Gasteiger partial charge in [-0.05, 0) is 42.3 Å². The third-order valence-electron chi connectivity index (χ3n) is 3.06. The van der Waals surface area contributed by atoms with Crippen molar-refractivity contribution < 1.29 is 18.0 Å². The highest BCUT2D eigenvalue weighted by Crippen LogP contribution is 2.29. The number of hydrogen-bond acceptors (Lipinski definition) is 1. The molecule has 2 aromatic carbocycles. The van der Waals surface area contributed by atoms with E-state index in [1.807, 2.05) is 12.1 Å². The van der Waals surface area contributed by atoms with E-state index >= 15 is 0 Å². The van der Waals surface area contributed by atoms with Gasteiger partial charge in [0.15, 0.2) is 0 Å². The molecule has 0 aliphatic rings. The van der Waals surface area contributed by atoms with Gasteiger partial charge in [0.2, 0.25) is 0 Å². The first-order valence-electron chi connectivity index (χ1n) is 6.56. The second-order valence-electron chi connectivity index (χ2n) is 4.71. The van der Waals surface area contributed by atoms with Crippen molar-refractivity contribution in [2.75, 3.05) is 6.54 Å². The van der Waals surface area contributed by atoms with Crippen LogP contribution in [-0.2, 0) is 12.6 Å². The number of amides is 1. The molecule has 0 spiro atoms. The Bertz CT molecular complexity index is 653. The topological polar surface area (TPSA) is 29.1 Å². The van der Waals surface area contributed by atoms with Crippen molar-refractivity contribution in [2.45, 2.75) is 12.6 Å². The van der Waals surface area contributed by atoms with Crippen LogP contribution in [0.3, 0.4) is 0 Å². The molecule has 2 nitrogen and oxygen atoms in total. The van der Waals surface area contributed by atoms with Crippen LogP contribution in [0.25, 0.3) is 0 Å². The summed E-state index contributed by atoms with van der Waals surface area (Å²) in [5, 5.41) is 3.22. The Morgan fingerprint density at radius 2 is 1.77 bits per heavy atom. The first kappa shape index (κ1) is 16.4. The van der Waals surface area contributed by atoms with Gasteiger partial charge in [0, 0.05) is 17.1 Å². The van der Waals surface area contributed by atoms with Gasteiger partial charge in [-0.1, -0.05) is 29.8 Å². The average molecular weight is 328 g/mol. The summed E-state index contributed by atoms with van der Waals surface area (Å²) >= 11 is 5.77. The van der Waals surface area contributed by atoms with Gasteiger partial charge < -0.3 is 5.32 Å². The maximum absolute atomic E-state index is 12.6. The SMILES string of the molecule is O=C(NCCc1ccc(Cl)cc1)c1cccc(C(F)(F)F)c1. The number of hydrogen-bond donors (Lipinski definition) is 1. The van der Waals surface area contributed by atoms with E-state index < -0.39 is 17.6 Å². The molecule has 0 heterocycles. The molecule has 0 radical (unpaired) electrons. The van der Waals surface area contributed by atoms with Gasteiger partial charge in [0.05, 0.1) is 5.56 Å². The largest absolute Gasteiger partial charge is 0.416 e. The molecule has 22 heavy (non-hydrogen) atoms. The van der Waals surface area contributed by atoms with E-state index in [1.54, 1.807) is 12.1 Å². The Labute approximate surface area is 130 Å². The molecule has 116 valence electrons. The zero-order chi connectivity index (χ0) is 16.2. The molecule has 2 aromatic rings. The fourth-order valence-corrected chi connectivity index (χ4v) is 2.04. The molecule has 0 bridgehead atoms. The van der Waals surface area contributed by atoms with Gasteiger partial charge in [-0.2, -0.15) is 13.2 Å². The molecule has 0 aromatic heterocycles. The summed E-state index contributed by atoms with van der Waals surface area (Å²) in [5.41, 5.74) is 0.137. The normalized spacial score (nSPS) is 11.3. The van der Waals surface area contributed by atoms with Crippen LogP contribution in [0.5, 0.6) is 0 Å². The number of halogens is 4. The summed E-state index contributed by atoms with van der Waals surface area (Å²) in [4.78, 5) is 11.9. The maximum Gasteiger partial charge on any atom is 0.416 e. The van der Waals surface area contributed by atoms with Crippen molar-refractivity contribution >= 4 is 17.5 Å². The molecular formula is C16H13ClF3NO. The highest BCUT2D eigenvalue weighted by Gasteiger charge is 2.30. The summed E-state index contributed by atoms with van der Waals surface area (Å²) in [5.74, 6) is -0.528. The quantitative estimate of drug-likeness (QED) is 0.889. The van der Waals surface area contributed by atoms with Crippen LogP contribution in [0.2, 0.25) is 5.02 Å². The molecule has 0 atom stereocenters. The minimum atomic E-state index is -4.46. The average Bonchev–Trinajstić information content (AvgIpc) is 2.48. The maximum atomic E-state index is 12.6. The number of benzene rings is 2. The molecule has 0 unspecified atom stereocenters. The second kappa shape index (κ2) is 6.83. The van der Waals surface area contributed by atoms with Crippen LogP contribution in [0.15, 0.2) is 48.5 Å². The number of nitrogens with one attached hydrogen (secondary N) is 1. The van der Waals surface area contributed by atoms with Crippen molar-refractivity contribution in [3.63, 3.8) is 0 Å². The molecule has 0 saturated heterocycles.